The number of allylic oxidation sites excluding steroid dienone is 2. The number of aliphatic imine (C=N–C) groups is 1. The number of fused-ring (bicyclic) bond motifs is 3. The maximum atomic E-state index is 12.8. The zero-order valence-electron chi connectivity index (χ0n) is 23.0. The molecule has 0 radical (unpaired) electrons. The first-order chi connectivity index (χ1) is 19.9. The Morgan fingerprint density at radius 1 is 0.951 bits per heavy atom. The third kappa shape index (κ3) is 5.63. The summed E-state index contributed by atoms with van der Waals surface area (Å²) in [5.74, 6) is 1.40. The lowest BCUT2D eigenvalue weighted by molar-refractivity contribution is 0.327. The first kappa shape index (κ1) is 26.8. The van der Waals surface area contributed by atoms with Crippen LogP contribution < -0.4 is 14.2 Å². The molecule has 0 aromatic heterocycles. The third-order valence-corrected chi connectivity index (χ3v) is 8.91. The van der Waals surface area contributed by atoms with Gasteiger partial charge in [0.1, 0.15) is 4.90 Å². The highest BCUT2D eigenvalue weighted by Crippen LogP contribution is 2.49. The molecule has 4 aromatic rings. The van der Waals surface area contributed by atoms with E-state index in [4.69, 9.17) is 8.92 Å². The molecule has 1 N–H and O–H groups in total. The predicted octanol–water partition coefficient (Wildman–Crippen LogP) is 7.74. The Morgan fingerprint density at radius 2 is 1.73 bits per heavy atom. The first-order valence-corrected chi connectivity index (χ1v) is 15.3. The van der Waals surface area contributed by atoms with Crippen LogP contribution in [0.5, 0.6) is 11.5 Å². The fourth-order valence-electron chi connectivity index (χ4n) is 5.60. The molecule has 1 aliphatic heterocycles. The molecule has 1 heterocycles. The Bertz CT molecular complexity index is 1710. The Hall–Kier alpha value is -4.36. The van der Waals surface area contributed by atoms with Gasteiger partial charge >= 0.3 is 10.1 Å². The van der Waals surface area contributed by atoms with Crippen LogP contribution in [0.4, 0.5) is 11.4 Å². The van der Waals surface area contributed by atoms with E-state index in [9.17, 15) is 8.42 Å². The van der Waals surface area contributed by atoms with Gasteiger partial charge in [-0.3, -0.25) is 4.99 Å². The molecule has 0 saturated heterocycles. The number of hydrogen-bond donors (Lipinski definition) is 1. The lowest BCUT2D eigenvalue weighted by atomic mass is 9.77. The van der Waals surface area contributed by atoms with E-state index in [-0.39, 0.29) is 16.7 Å². The standard InChI is InChI=1S/C34H32N2O4S/c1-3-39-33-21-24(13-20-32(33)40-41(37,38)27-18-11-23(2)12-19-27)22-35-26-16-14-25(15-17-26)34-30-9-6-8-28(30)29-7-4-5-10-31(29)36-34/h4-8,10-22,28,30,34,36H,3,9H2,1-2H3/t28-,30+,34+/m1/s1. The van der Waals surface area contributed by atoms with Crippen LogP contribution in [0.3, 0.4) is 0 Å². The van der Waals surface area contributed by atoms with Gasteiger partial charge in [-0.25, -0.2) is 0 Å². The number of benzene rings is 4. The largest absolute Gasteiger partial charge is 0.490 e. The topological polar surface area (TPSA) is 77.0 Å². The molecule has 7 heteroatoms. The monoisotopic (exact) mass is 564 g/mol. The normalized spacial score (nSPS) is 19.4. The Morgan fingerprint density at radius 3 is 2.51 bits per heavy atom. The summed E-state index contributed by atoms with van der Waals surface area (Å²) in [6, 6.07) is 28.8. The molecule has 0 spiro atoms. The molecule has 0 fully saturated rings. The number of aryl methyl sites for hydroxylation is 1. The maximum absolute atomic E-state index is 12.8. The van der Waals surface area contributed by atoms with Gasteiger partial charge < -0.3 is 14.2 Å². The average molecular weight is 565 g/mol. The molecule has 208 valence electrons. The number of anilines is 1. The van der Waals surface area contributed by atoms with Gasteiger partial charge in [0.05, 0.1) is 18.3 Å². The van der Waals surface area contributed by atoms with Crippen molar-refractivity contribution >= 4 is 27.7 Å². The van der Waals surface area contributed by atoms with Crippen LogP contribution in [0.15, 0.2) is 113 Å². The van der Waals surface area contributed by atoms with Crippen LogP contribution in [0, 0.1) is 12.8 Å². The van der Waals surface area contributed by atoms with Crippen LogP contribution in [0.25, 0.3) is 0 Å². The van der Waals surface area contributed by atoms with E-state index in [0.717, 1.165) is 23.2 Å². The number of rotatable bonds is 8. The molecule has 0 saturated carbocycles. The molecule has 2 aliphatic rings. The summed E-state index contributed by atoms with van der Waals surface area (Å²) in [7, 11) is -4.00. The summed E-state index contributed by atoms with van der Waals surface area (Å²) in [5.41, 5.74) is 6.38. The van der Waals surface area contributed by atoms with Crippen molar-refractivity contribution in [3.05, 3.63) is 125 Å². The van der Waals surface area contributed by atoms with Gasteiger partial charge in [0, 0.05) is 17.8 Å². The quantitative estimate of drug-likeness (QED) is 0.135. The summed E-state index contributed by atoms with van der Waals surface area (Å²) in [6.07, 6.45) is 7.45. The van der Waals surface area contributed by atoms with Crippen molar-refractivity contribution in [1.82, 2.24) is 0 Å². The van der Waals surface area contributed by atoms with Gasteiger partial charge in [0.15, 0.2) is 11.5 Å². The number of ether oxygens (including phenoxy) is 1. The molecule has 0 unspecified atom stereocenters. The van der Waals surface area contributed by atoms with Crippen molar-refractivity contribution in [1.29, 1.82) is 0 Å². The number of para-hydroxylation sites is 1. The van der Waals surface area contributed by atoms with Crippen molar-refractivity contribution in [2.75, 3.05) is 11.9 Å². The minimum atomic E-state index is -4.00. The van der Waals surface area contributed by atoms with Crippen LogP contribution >= 0.6 is 0 Å². The van der Waals surface area contributed by atoms with Crippen LogP contribution in [-0.4, -0.2) is 21.2 Å². The van der Waals surface area contributed by atoms with Gasteiger partial charge in [-0.15, -0.1) is 0 Å². The number of hydrogen-bond acceptors (Lipinski definition) is 6. The van der Waals surface area contributed by atoms with Crippen molar-refractivity contribution in [3.63, 3.8) is 0 Å². The maximum Gasteiger partial charge on any atom is 0.339 e. The second kappa shape index (κ2) is 11.3. The number of nitrogens with one attached hydrogen (secondary N) is 1. The third-order valence-electron chi connectivity index (χ3n) is 7.66. The minimum absolute atomic E-state index is 0.0898. The second-order valence-electron chi connectivity index (χ2n) is 10.4. The molecule has 0 bridgehead atoms. The lowest BCUT2D eigenvalue weighted by Crippen LogP contribution is -2.28. The van der Waals surface area contributed by atoms with Gasteiger partial charge in [-0.2, -0.15) is 8.42 Å². The summed E-state index contributed by atoms with van der Waals surface area (Å²) in [4.78, 5) is 4.74. The SMILES string of the molecule is CCOc1cc(C=Nc2ccc([C@@H]3Nc4ccccc4[C@H]4C=CC[C@@H]43)cc2)ccc1OS(=O)(=O)c1ccc(C)cc1. The average Bonchev–Trinajstić information content (AvgIpc) is 3.48. The minimum Gasteiger partial charge on any atom is -0.490 e. The van der Waals surface area contributed by atoms with E-state index in [1.54, 1.807) is 36.5 Å². The van der Waals surface area contributed by atoms with E-state index >= 15 is 0 Å². The van der Waals surface area contributed by atoms with E-state index in [2.05, 4.69) is 58.9 Å². The fraction of sp³-hybridized carbons (Fsp3) is 0.206. The molecule has 0 amide bonds. The van der Waals surface area contributed by atoms with Gasteiger partial charge in [-0.05, 0) is 91.4 Å². The van der Waals surface area contributed by atoms with Crippen molar-refractivity contribution in [2.45, 2.75) is 37.1 Å². The van der Waals surface area contributed by atoms with Crippen LogP contribution in [0.1, 0.15) is 47.6 Å². The zero-order valence-corrected chi connectivity index (χ0v) is 23.8. The van der Waals surface area contributed by atoms with Gasteiger partial charge in [0.2, 0.25) is 0 Å². The fourth-order valence-corrected chi connectivity index (χ4v) is 6.54. The molecule has 6 rings (SSSR count). The highest BCUT2D eigenvalue weighted by atomic mass is 32.2. The molecule has 6 nitrogen and oxygen atoms in total. The van der Waals surface area contributed by atoms with Crippen LogP contribution in [-0.2, 0) is 10.1 Å². The molecular formula is C34H32N2O4S. The Labute approximate surface area is 241 Å². The van der Waals surface area contributed by atoms with E-state index < -0.39 is 10.1 Å². The Balaban J connectivity index is 1.18. The summed E-state index contributed by atoms with van der Waals surface area (Å²) < 4.78 is 36.8. The highest BCUT2D eigenvalue weighted by molar-refractivity contribution is 7.87. The number of nitrogens with zero attached hydrogens (tertiary/aromatic N) is 1. The van der Waals surface area contributed by atoms with Gasteiger partial charge in [0.25, 0.3) is 0 Å². The Kier molecular flexibility index (Phi) is 7.37. The van der Waals surface area contributed by atoms with E-state index in [1.165, 1.54) is 28.9 Å². The van der Waals surface area contributed by atoms with Crippen molar-refractivity contribution < 1.29 is 17.3 Å². The molecule has 4 aromatic carbocycles. The van der Waals surface area contributed by atoms with E-state index in [0.29, 0.717) is 24.2 Å². The predicted molar refractivity (Wildman–Crippen MR) is 163 cm³/mol. The van der Waals surface area contributed by atoms with Gasteiger partial charge in [-0.1, -0.05) is 60.2 Å². The summed E-state index contributed by atoms with van der Waals surface area (Å²) in [6.45, 7) is 4.10. The van der Waals surface area contributed by atoms with E-state index in [1.807, 2.05) is 26.0 Å². The second-order valence-corrected chi connectivity index (χ2v) is 11.9. The molecule has 1 aliphatic carbocycles. The zero-order chi connectivity index (χ0) is 28.4. The first-order valence-electron chi connectivity index (χ1n) is 13.9. The molecule has 3 atom stereocenters. The summed E-state index contributed by atoms with van der Waals surface area (Å²) in [5, 5.41) is 3.77. The van der Waals surface area contributed by atoms with Crippen molar-refractivity contribution in [2.24, 2.45) is 10.9 Å². The van der Waals surface area contributed by atoms with Crippen LogP contribution in [0.2, 0.25) is 0 Å². The van der Waals surface area contributed by atoms with Crippen molar-refractivity contribution in [3.8, 4) is 11.5 Å². The summed E-state index contributed by atoms with van der Waals surface area (Å²) >= 11 is 0. The highest BCUT2D eigenvalue weighted by Gasteiger charge is 2.37. The molecular weight excluding hydrogens is 532 g/mol. The molecule has 41 heavy (non-hydrogen) atoms. The smallest absolute Gasteiger partial charge is 0.339 e. The lowest BCUT2D eigenvalue weighted by Gasteiger charge is -2.37.